The van der Waals surface area contributed by atoms with Gasteiger partial charge < -0.3 is 4.42 Å². The van der Waals surface area contributed by atoms with Gasteiger partial charge in [0, 0.05) is 69.1 Å². The van der Waals surface area contributed by atoms with Crippen LogP contribution in [0.3, 0.4) is 0 Å². The first kappa shape index (κ1) is 32.1. The predicted molar refractivity (Wildman–Crippen MR) is 221 cm³/mol. The lowest BCUT2D eigenvalue weighted by atomic mass is 9.94. The molecule has 6 nitrogen and oxygen atoms in total. The van der Waals surface area contributed by atoms with E-state index in [2.05, 4.69) is 88.8 Å². The standard InChI is InChI=1S/C49H31N5O/c1-3-13-32(14-4-1)42-29-43(54-49(53-42)33-15-5-2-6-16-33)36-19-9-17-34(27-36)35-18-10-20-37(28-35)46-45-44(38-21-11-25-50-30-38)47(39-22-12-26-51-31-39)55-48(45)40-23-7-8-24-41(40)52-46/h1-31H. The topological polar surface area (TPSA) is 77.6 Å². The summed E-state index contributed by atoms with van der Waals surface area (Å²) in [6, 6.07) is 55.7. The zero-order valence-corrected chi connectivity index (χ0v) is 29.5. The van der Waals surface area contributed by atoms with Crippen LogP contribution in [0.15, 0.2) is 193 Å². The molecule has 6 heteroatoms. The fraction of sp³-hybridized carbons (Fsp3) is 0. The van der Waals surface area contributed by atoms with Crippen LogP contribution < -0.4 is 0 Å². The molecule has 5 aromatic carbocycles. The highest BCUT2D eigenvalue weighted by Crippen LogP contribution is 2.46. The van der Waals surface area contributed by atoms with Crippen molar-refractivity contribution in [2.24, 2.45) is 0 Å². The van der Waals surface area contributed by atoms with Crippen molar-refractivity contribution in [3.63, 3.8) is 0 Å². The summed E-state index contributed by atoms with van der Waals surface area (Å²) in [6.07, 6.45) is 7.27. The zero-order chi connectivity index (χ0) is 36.6. The summed E-state index contributed by atoms with van der Waals surface area (Å²) in [6.45, 7) is 0. The smallest absolute Gasteiger partial charge is 0.160 e. The Labute approximate surface area is 317 Å². The third-order valence-electron chi connectivity index (χ3n) is 9.86. The van der Waals surface area contributed by atoms with Crippen molar-refractivity contribution in [3.8, 4) is 78.7 Å². The molecule has 0 aliphatic carbocycles. The molecule has 0 amide bonds. The minimum absolute atomic E-state index is 0.686. The van der Waals surface area contributed by atoms with Crippen LogP contribution in [0.4, 0.5) is 0 Å². The molecule has 5 heterocycles. The summed E-state index contributed by atoms with van der Waals surface area (Å²) in [5, 5.41) is 1.87. The van der Waals surface area contributed by atoms with Crippen molar-refractivity contribution in [2.45, 2.75) is 0 Å². The number of fused-ring (bicyclic) bond motifs is 3. The highest BCUT2D eigenvalue weighted by molar-refractivity contribution is 6.16. The third-order valence-corrected chi connectivity index (χ3v) is 9.86. The lowest BCUT2D eigenvalue weighted by Gasteiger charge is -2.12. The Kier molecular flexibility index (Phi) is 8.04. The number of para-hydroxylation sites is 1. The molecule has 55 heavy (non-hydrogen) atoms. The lowest BCUT2D eigenvalue weighted by Crippen LogP contribution is -1.96. The molecule has 0 atom stereocenters. The van der Waals surface area contributed by atoms with Gasteiger partial charge in [0.25, 0.3) is 0 Å². The van der Waals surface area contributed by atoms with Gasteiger partial charge >= 0.3 is 0 Å². The zero-order valence-electron chi connectivity index (χ0n) is 29.5. The van der Waals surface area contributed by atoms with Gasteiger partial charge in [-0.1, -0.05) is 115 Å². The van der Waals surface area contributed by atoms with Gasteiger partial charge in [0.15, 0.2) is 5.82 Å². The number of nitrogens with zero attached hydrogens (tertiary/aromatic N) is 5. The first-order valence-corrected chi connectivity index (χ1v) is 18.1. The molecule has 0 radical (unpaired) electrons. The Balaban J connectivity index is 1.14. The Morgan fingerprint density at radius 1 is 0.400 bits per heavy atom. The SMILES string of the molecule is c1ccc(-c2cc(-c3cccc(-c4cccc(-c5nc6ccccc6c6oc(-c7cccnc7)c(-c7cccnc7)c56)c4)c3)nc(-c3ccccc3)n2)cc1. The molecule has 10 aromatic rings. The molecule has 0 bridgehead atoms. The molecule has 0 aliphatic heterocycles. The van der Waals surface area contributed by atoms with Crippen molar-refractivity contribution in [1.82, 2.24) is 24.9 Å². The molecule has 0 unspecified atom stereocenters. The van der Waals surface area contributed by atoms with Gasteiger partial charge in [-0.05, 0) is 59.7 Å². The molecule has 5 aromatic heterocycles. The van der Waals surface area contributed by atoms with Gasteiger partial charge in [-0.2, -0.15) is 0 Å². The third kappa shape index (κ3) is 6.02. The van der Waals surface area contributed by atoms with Gasteiger partial charge in [-0.3, -0.25) is 9.97 Å². The second-order valence-corrected chi connectivity index (χ2v) is 13.3. The predicted octanol–water partition coefficient (Wildman–Crippen LogP) is 12.2. The fourth-order valence-electron chi connectivity index (χ4n) is 7.25. The van der Waals surface area contributed by atoms with E-state index in [1.807, 2.05) is 97.3 Å². The quantitative estimate of drug-likeness (QED) is 0.164. The summed E-state index contributed by atoms with van der Waals surface area (Å²) in [5.41, 5.74) is 13.1. The Morgan fingerprint density at radius 3 is 1.67 bits per heavy atom. The van der Waals surface area contributed by atoms with E-state index >= 15 is 0 Å². The molecule has 258 valence electrons. The minimum Gasteiger partial charge on any atom is -0.455 e. The van der Waals surface area contributed by atoms with Crippen LogP contribution in [0.25, 0.3) is 101 Å². The van der Waals surface area contributed by atoms with Crippen LogP contribution in [0.1, 0.15) is 0 Å². The van der Waals surface area contributed by atoms with E-state index < -0.39 is 0 Å². The van der Waals surface area contributed by atoms with E-state index in [-0.39, 0.29) is 0 Å². The second kappa shape index (κ2) is 13.8. The number of furan rings is 1. The minimum atomic E-state index is 0.686. The molecule has 0 aliphatic rings. The number of rotatable bonds is 7. The van der Waals surface area contributed by atoms with Gasteiger partial charge in [0.05, 0.1) is 28.0 Å². The number of pyridine rings is 3. The summed E-state index contributed by atoms with van der Waals surface area (Å²) in [4.78, 5) is 24.3. The van der Waals surface area contributed by atoms with Crippen LogP contribution in [0, 0.1) is 0 Å². The Morgan fingerprint density at radius 2 is 0.964 bits per heavy atom. The van der Waals surface area contributed by atoms with Gasteiger partial charge in [0.1, 0.15) is 11.3 Å². The lowest BCUT2D eigenvalue weighted by molar-refractivity contribution is 0.635. The molecule has 0 fully saturated rings. The van der Waals surface area contributed by atoms with Crippen LogP contribution in [0.2, 0.25) is 0 Å². The second-order valence-electron chi connectivity index (χ2n) is 13.3. The maximum atomic E-state index is 6.86. The largest absolute Gasteiger partial charge is 0.455 e. The number of benzene rings is 5. The van der Waals surface area contributed by atoms with Crippen molar-refractivity contribution in [3.05, 3.63) is 189 Å². The number of hydrogen-bond donors (Lipinski definition) is 0. The Hall–Kier alpha value is -7.57. The fourth-order valence-corrected chi connectivity index (χ4v) is 7.25. The van der Waals surface area contributed by atoms with Crippen molar-refractivity contribution >= 4 is 21.9 Å². The first-order chi connectivity index (χ1) is 27.3. The van der Waals surface area contributed by atoms with Crippen LogP contribution >= 0.6 is 0 Å². The average Bonchev–Trinajstić information content (AvgIpc) is 3.69. The summed E-state index contributed by atoms with van der Waals surface area (Å²) < 4.78 is 6.86. The highest BCUT2D eigenvalue weighted by Gasteiger charge is 2.24. The molecular weight excluding hydrogens is 675 g/mol. The van der Waals surface area contributed by atoms with Gasteiger partial charge in [0.2, 0.25) is 0 Å². The van der Waals surface area contributed by atoms with E-state index in [0.717, 1.165) is 94.8 Å². The summed E-state index contributed by atoms with van der Waals surface area (Å²) >= 11 is 0. The highest BCUT2D eigenvalue weighted by atomic mass is 16.3. The Bertz CT molecular complexity index is 2910. The average molecular weight is 706 g/mol. The maximum absolute atomic E-state index is 6.86. The first-order valence-electron chi connectivity index (χ1n) is 18.1. The van der Waals surface area contributed by atoms with Gasteiger partial charge in [-0.25, -0.2) is 15.0 Å². The van der Waals surface area contributed by atoms with E-state index in [1.165, 1.54) is 0 Å². The molecular formula is C49H31N5O. The van der Waals surface area contributed by atoms with Crippen LogP contribution in [-0.2, 0) is 0 Å². The normalized spacial score (nSPS) is 11.3. The summed E-state index contributed by atoms with van der Waals surface area (Å²) in [7, 11) is 0. The molecule has 0 spiro atoms. The van der Waals surface area contributed by atoms with E-state index in [9.17, 15) is 0 Å². The van der Waals surface area contributed by atoms with Crippen molar-refractivity contribution < 1.29 is 4.42 Å². The summed E-state index contributed by atoms with van der Waals surface area (Å²) in [5.74, 6) is 1.42. The van der Waals surface area contributed by atoms with Gasteiger partial charge in [-0.15, -0.1) is 0 Å². The number of aromatic nitrogens is 5. The van der Waals surface area contributed by atoms with Crippen LogP contribution in [0.5, 0.6) is 0 Å². The van der Waals surface area contributed by atoms with E-state index in [0.29, 0.717) is 5.82 Å². The monoisotopic (exact) mass is 705 g/mol. The van der Waals surface area contributed by atoms with Crippen LogP contribution in [-0.4, -0.2) is 24.9 Å². The molecule has 10 rings (SSSR count). The molecule has 0 N–H and O–H groups in total. The molecule has 0 saturated heterocycles. The van der Waals surface area contributed by atoms with Crippen molar-refractivity contribution in [1.29, 1.82) is 0 Å². The van der Waals surface area contributed by atoms with Crippen molar-refractivity contribution in [2.75, 3.05) is 0 Å². The van der Waals surface area contributed by atoms with E-state index in [1.54, 1.807) is 12.4 Å². The molecule has 0 saturated carbocycles. The van der Waals surface area contributed by atoms with E-state index in [4.69, 9.17) is 19.4 Å². The maximum Gasteiger partial charge on any atom is 0.160 e. The number of hydrogen-bond acceptors (Lipinski definition) is 6.